The first-order valence-corrected chi connectivity index (χ1v) is 4.12. The molecule has 0 heterocycles. The highest BCUT2D eigenvalue weighted by molar-refractivity contribution is 6.32. The van der Waals surface area contributed by atoms with Crippen LogP contribution in [0.2, 0.25) is 5.02 Å². The van der Waals surface area contributed by atoms with Crippen molar-refractivity contribution in [3.05, 3.63) is 40.7 Å². The first-order chi connectivity index (χ1) is 5.66. The van der Waals surface area contributed by atoms with Crippen LogP contribution in [0.1, 0.15) is 19.4 Å². The summed E-state index contributed by atoms with van der Waals surface area (Å²) >= 11 is 5.82. The number of rotatable bonds is 1. The van der Waals surface area contributed by atoms with Crippen LogP contribution in [0.5, 0.6) is 0 Å². The van der Waals surface area contributed by atoms with E-state index in [-0.39, 0.29) is 5.82 Å². The van der Waals surface area contributed by atoms with Crippen LogP contribution in [0.4, 0.5) is 4.39 Å². The molecular formula is C10H10ClF. The van der Waals surface area contributed by atoms with Crippen molar-refractivity contribution < 1.29 is 4.39 Å². The van der Waals surface area contributed by atoms with Gasteiger partial charge in [0, 0.05) is 5.56 Å². The molecule has 12 heavy (non-hydrogen) atoms. The molecule has 0 fully saturated rings. The summed E-state index contributed by atoms with van der Waals surface area (Å²) in [5.41, 5.74) is 1.36. The van der Waals surface area contributed by atoms with Gasteiger partial charge in [-0.15, -0.1) is 0 Å². The molecular weight excluding hydrogens is 175 g/mol. The second kappa shape index (κ2) is 3.72. The van der Waals surface area contributed by atoms with E-state index >= 15 is 0 Å². The van der Waals surface area contributed by atoms with Gasteiger partial charge in [-0.1, -0.05) is 23.7 Å². The van der Waals surface area contributed by atoms with E-state index in [9.17, 15) is 4.39 Å². The van der Waals surface area contributed by atoms with E-state index in [0.717, 1.165) is 5.57 Å². The van der Waals surface area contributed by atoms with Crippen LogP contribution in [-0.4, -0.2) is 0 Å². The lowest BCUT2D eigenvalue weighted by Crippen LogP contribution is -1.87. The van der Waals surface area contributed by atoms with E-state index in [1.165, 1.54) is 6.07 Å². The Hall–Kier alpha value is -0.820. The maximum Gasteiger partial charge on any atom is 0.132 e. The quantitative estimate of drug-likeness (QED) is 0.621. The van der Waals surface area contributed by atoms with Crippen molar-refractivity contribution in [1.29, 1.82) is 0 Å². The lowest BCUT2D eigenvalue weighted by molar-refractivity contribution is 0.624. The Labute approximate surface area is 76.7 Å². The molecule has 1 rings (SSSR count). The molecule has 0 spiro atoms. The van der Waals surface area contributed by atoms with Crippen LogP contribution in [0.25, 0.3) is 5.57 Å². The molecule has 0 aliphatic carbocycles. The minimum absolute atomic E-state index is 0.266. The van der Waals surface area contributed by atoms with Gasteiger partial charge >= 0.3 is 0 Å². The fourth-order valence-corrected chi connectivity index (χ4v) is 1.33. The summed E-state index contributed by atoms with van der Waals surface area (Å²) in [5.74, 6) is -0.266. The monoisotopic (exact) mass is 184 g/mol. The molecule has 0 aromatic heterocycles. The molecule has 0 radical (unpaired) electrons. The Morgan fingerprint density at radius 3 is 2.67 bits per heavy atom. The lowest BCUT2D eigenvalue weighted by Gasteiger charge is -2.04. The van der Waals surface area contributed by atoms with Crippen LogP contribution >= 0.6 is 11.6 Å². The van der Waals surface area contributed by atoms with Crippen molar-refractivity contribution in [2.45, 2.75) is 13.8 Å². The molecule has 0 bridgehead atoms. The maximum atomic E-state index is 13.2. The van der Waals surface area contributed by atoms with E-state index in [0.29, 0.717) is 10.6 Å². The van der Waals surface area contributed by atoms with Gasteiger partial charge in [0.05, 0.1) is 5.02 Å². The SMILES string of the molecule is C/C=C(\C)c1c(F)cccc1Cl. The summed E-state index contributed by atoms with van der Waals surface area (Å²) in [6, 6.07) is 4.70. The number of halogens is 2. The second-order valence-electron chi connectivity index (χ2n) is 2.57. The molecule has 0 amide bonds. The highest BCUT2D eigenvalue weighted by Gasteiger charge is 2.06. The smallest absolute Gasteiger partial charge is 0.132 e. The maximum absolute atomic E-state index is 13.2. The highest BCUT2D eigenvalue weighted by atomic mass is 35.5. The van der Waals surface area contributed by atoms with Gasteiger partial charge in [-0.2, -0.15) is 0 Å². The lowest BCUT2D eigenvalue weighted by atomic mass is 10.1. The van der Waals surface area contributed by atoms with Crippen molar-refractivity contribution >= 4 is 17.2 Å². The van der Waals surface area contributed by atoms with Crippen molar-refractivity contribution in [2.75, 3.05) is 0 Å². The molecule has 0 unspecified atom stereocenters. The molecule has 1 aromatic carbocycles. The topological polar surface area (TPSA) is 0 Å². The molecule has 0 aliphatic rings. The molecule has 1 aromatic rings. The van der Waals surface area contributed by atoms with Gasteiger partial charge in [-0.25, -0.2) is 4.39 Å². The second-order valence-corrected chi connectivity index (χ2v) is 2.98. The van der Waals surface area contributed by atoms with Gasteiger partial charge in [0.15, 0.2) is 0 Å². The summed E-state index contributed by atoms with van der Waals surface area (Å²) in [7, 11) is 0. The molecule has 0 N–H and O–H groups in total. The van der Waals surface area contributed by atoms with Gasteiger partial charge in [0.2, 0.25) is 0 Å². The standard InChI is InChI=1S/C10H10ClF/c1-3-7(2)10-8(11)5-4-6-9(10)12/h3-6H,1-2H3/b7-3+. The third-order valence-electron chi connectivity index (χ3n) is 1.79. The van der Waals surface area contributed by atoms with Crippen molar-refractivity contribution in [3.63, 3.8) is 0 Å². The van der Waals surface area contributed by atoms with Gasteiger partial charge < -0.3 is 0 Å². The van der Waals surface area contributed by atoms with E-state index in [4.69, 9.17) is 11.6 Å². The van der Waals surface area contributed by atoms with Crippen LogP contribution in [-0.2, 0) is 0 Å². The van der Waals surface area contributed by atoms with Gasteiger partial charge in [0.25, 0.3) is 0 Å². The first kappa shape index (κ1) is 9.27. The van der Waals surface area contributed by atoms with Crippen LogP contribution in [0, 0.1) is 5.82 Å². The van der Waals surface area contributed by atoms with Crippen molar-refractivity contribution in [2.24, 2.45) is 0 Å². The summed E-state index contributed by atoms with van der Waals surface area (Å²) in [6.07, 6.45) is 1.84. The number of allylic oxidation sites excluding steroid dienone is 2. The summed E-state index contributed by atoms with van der Waals surface area (Å²) in [4.78, 5) is 0. The van der Waals surface area contributed by atoms with E-state index < -0.39 is 0 Å². The molecule has 0 aliphatic heterocycles. The average Bonchev–Trinajstić information content (AvgIpc) is 2.03. The number of hydrogen-bond acceptors (Lipinski definition) is 0. The summed E-state index contributed by atoms with van der Waals surface area (Å²) in [6.45, 7) is 3.70. The predicted molar refractivity (Wildman–Crippen MR) is 50.7 cm³/mol. The molecule has 0 nitrogen and oxygen atoms in total. The first-order valence-electron chi connectivity index (χ1n) is 3.74. The highest BCUT2D eigenvalue weighted by Crippen LogP contribution is 2.25. The minimum atomic E-state index is -0.266. The zero-order valence-electron chi connectivity index (χ0n) is 7.07. The predicted octanol–water partition coefficient (Wildman–Crippen LogP) is 3.90. The van der Waals surface area contributed by atoms with Crippen LogP contribution in [0.3, 0.4) is 0 Å². The Morgan fingerprint density at radius 1 is 1.50 bits per heavy atom. The third kappa shape index (κ3) is 1.67. The third-order valence-corrected chi connectivity index (χ3v) is 2.11. The summed E-state index contributed by atoms with van der Waals surface area (Å²) < 4.78 is 13.2. The molecule has 2 heteroatoms. The fourth-order valence-electron chi connectivity index (χ4n) is 1.02. The normalized spacial score (nSPS) is 11.8. The number of benzene rings is 1. The van der Waals surface area contributed by atoms with Crippen molar-refractivity contribution in [3.8, 4) is 0 Å². The fraction of sp³-hybridized carbons (Fsp3) is 0.200. The minimum Gasteiger partial charge on any atom is -0.206 e. The molecule has 64 valence electrons. The largest absolute Gasteiger partial charge is 0.206 e. The zero-order valence-corrected chi connectivity index (χ0v) is 7.82. The van der Waals surface area contributed by atoms with E-state index in [2.05, 4.69) is 0 Å². The van der Waals surface area contributed by atoms with Crippen LogP contribution in [0.15, 0.2) is 24.3 Å². The van der Waals surface area contributed by atoms with Crippen molar-refractivity contribution in [1.82, 2.24) is 0 Å². The zero-order chi connectivity index (χ0) is 9.14. The Bertz CT molecular complexity index is 295. The van der Waals surface area contributed by atoms with Gasteiger partial charge in [0.1, 0.15) is 5.82 Å². The summed E-state index contributed by atoms with van der Waals surface area (Å²) in [5, 5.41) is 0.464. The van der Waals surface area contributed by atoms with E-state index in [1.807, 2.05) is 19.9 Å². The number of hydrogen-bond donors (Lipinski definition) is 0. The van der Waals surface area contributed by atoms with Gasteiger partial charge in [-0.3, -0.25) is 0 Å². The van der Waals surface area contributed by atoms with Gasteiger partial charge in [-0.05, 0) is 31.6 Å². The average molecular weight is 185 g/mol. The molecule has 0 saturated carbocycles. The van der Waals surface area contributed by atoms with E-state index in [1.54, 1.807) is 12.1 Å². The Kier molecular flexibility index (Phi) is 2.88. The molecule has 0 atom stereocenters. The Morgan fingerprint density at radius 2 is 2.17 bits per heavy atom. The molecule has 0 saturated heterocycles. The Balaban J connectivity index is 3.31. The van der Waals surface area contributed by atoms with Crippen LogP contribution < -0.4 is 0 Å².